The molecule has 6 nitrogen and oxygen atoms in total. The lowest BCUT2D eigenvalue weighted by Gasteiger charge is -2.05. The molecule has 7 heteroatoms. The van der Waals surface area contributed by atoms with E-state index in [1.165, 1.54) is 0 Å². The maximum atomic E-state index is 5.56. The lowest BCUT2D eigenvalue weighted by atomic mass is 10.2. The van der Waals surface area contributed by atoms with Gasteiger partial charge in [0, 0.05) is 31.8 Å². The molecule has 2 rings (SSSR count). The molecule has 0 aromatic carbocycles. The first-order valence-corrected chi connectivity index (χ1v) is 5.90. The number of aromatic nitrogens is 4. The summed E-state index contributed by atoms with van der Waals surface area (Å²) >= 11 is 4.91. The van der Waals surface area contributed by atoms with Gasteiger partial charge in [0.2, 0.25) is 0 Å². The Morgan fingerprint density at radius 3 is 3.00 bits per heavy atom. The third kappa shape index (κ3) is 3.24. The van der Waals surface area contributed by atoms with Crippen molar-refractivity contribution in [2.24, 2.45) is 12.8 Å². The number of hydrogen-bond acceptors (Lipinski definition) is 5. The molecule has 0 aliphatic carbocycles. The molecule has 18 heavy (non-hydrogen) atoms. The van der Waals surface area contributed by atoms with E-state index in [-0.39, 0.29) is 0 Å². The zero-order chi connectivity index (χ0) is 13.0. The molecule has 0 atom stereocenters. The van der Waals surface area contributed by atoms with Gasteiger partial charge in [0.25, 0.3) is 0 Å². The van der Waals surface area contributed by atoms with Gasteiger partial charge in [0.05, 0.1) is 0 Å². The highest BCUT2D eigenvalue weighted by atomic mass is 32.1. The van der Waals surface area contributed by atoms with Crippen LogP contribution in [0.3, 0.4) is 0 Å². The first-order valence-electron chi connectivity index (χ1n) is 5.49. The van der Waals surface area contributed by atoms with E-state index in [1.807, 2.05) is 13.1 Å². The highest BCUT2D eigenvalue weighted by Gasteiger charge is 2.01. The quantitative estimate of drug-likeness (QED) is 0.764. The molecular weight excluding hydrogens is 248 g/mol. The minimum Gasteiger partial charge on any atom is -0.389 e. The fraction of sp³-hybridized carbons (Fsp3) is 0.273. The number of nitrogens with one attached hydrogen (secondary N) is 1. The molecule has 0 spiro atoms. The number of nitrogens with two attached hydrogens (primary N) is 1. The largest absolute Gasteiger partial charge is 0.389 e. The molecule has 0 amide bonds. The number of anilines is 1. The lowest BCUT2D eigenvalue weighted by molar-refractivity contribution is 0.742. The lowest BCUT2D eigenvalue weighted by Crippen LogP contribution is -2.12. The van der Waals surface area contributed by atoms with Gasteiger partial charge in [0.15, 0.2) is 5.82 Å². The Morgan fingerprint density at radius 1 is 1.50 bits per heavy atom. The highest BCUT2D eigenvalue weighted by Crippen LogP contribution is 2.06. The van der Waals surface area contributed by atoms with Crippen LogP contribution in [-0.4, -0.2) is 31.3 Å². The second kappa shape index (κ2) is 5.54. The zero-order valence-electron chi connectivity index (χ0n) is 10.00. The maximum absolute atomic E-state index is 5.56. The van der Waals surface area contributed by atoms with Crippen LogP contribution in [0.15, 0.2) is 24.7 Å². The van der Waals surface area contributed by atoms with Crippen molar-refractivity contribution in [1.82, 2.24) is 19.7 Å². The standard InChI is InChI=1S/C11H14N6S/c1-17-7-15-9(16-17)3-5-14-10-6-8(11(12)18)2-4-13-10/h2,4,6-7H,3,5H2,1H3,(H2,12,18)(H,13,14). The molecular formula is C11H14N6S. The van der Waals surface area contributed by atoms with Gasteiger partial charge in [0.1, 0.15) is 17.1 Å². The van der Waals surface area contributed by atoms with Crippen molar-refractivity contribution in [2.75, 3.05) is 11.9 Å². The normalized spacial score (nSPS) is 10.3. The van der Waals surface area contributed by atoms with E-state index in [9.17, 15) is 0 Å². The van der Waals surface area contributed by atoms with Gasteiger partial charge in [-0.15, -0.1) is 0 Å². The Hall–Kier alpha value is -2.02. The number of hydrogen-bond donors (Lipinski definition) is 2. The Bertz CT molecular complexity index is 550. The minimum atomic E-state index is 0.367. The number of aryl methyl sites for hydroxylation is 1. The van der Waals surface area contributed by atoms with Crippen LogP contribution in [0, 0.1) is 0 Å². The van der Waals surface area contributed by atoms with Crippen LogP contribution in [-0.2, 0) is 13.5 Å². The Labute approximate surface area is 110 Å². The van der Waals surface area contributed by atoms with Crippen LogP contribution in [0.2, 0.25) is 0 Å². The molecule has 0 bridgehead atoms. The number of thiocarbonyl (C=S) groups is 1. The summed E-state index contributed by atoms with van der Waals surface area (Å²) < 4.78 is 1.68. The third-order valence-corrected chi connectivity index (χ3v) is 2.58. The Balaban J connectivity index is 1.90. The summed E-state index contributed by atoms with van der Waals surface area (Å²) in [5.74, 6) is 1.55. The van der Waals surface area contributed by atoms with Crippen LogP contribution in [0.25, 0.3) is 0 Å². The van der Waals surface area contributed by atoms with Gasteiger partial charge in [-0.05, 0) is 12.1 Å². The van der Waals surface area contributed by atoms with Crippen molar-refractivity contribution in [3.8, 4) is 0 Å². The van der Waals surface area contributed by atoms with Crippen LogP contribution in [0.1, 0.15) is 11.4 Å². The maximum Gasteiger partial charge on any atom is 0.152 e. The smallest absolute Gasteiger partial charge is 0.152 e. The average Bonchev–Trinajstić information content (AvgIpc) is 2.75. The number of pyridine rings is 1. The SMILES string of the molecule is Cn1cnc(CCNc2cc(C(N)=S)ccn2)n1. The monoisotopic (exact) mass is 262 g/mol. The average molecular weight is 262 g/mol. The molecule has 0 unspecified atom stereocenters. The van der Waals surface area contributed by atoms with Crippen molar-refractivity contribution in [2.45, 2.75) is 6.42 Å². The summed E-state index contributed by atoms with van der Waals surface area (Å²) in [5.41, 5.74) is 6.36. The fourth-order valence-electron chi connectivity index (χ4n) is 1.48. The fourth-order valence-corrected chi connectivity index (χ4v) is 1.61. The molecule has 2 heterocycles. The molecule has 0 aliphatic heterocycles. The Morgan fingerprint density at radius 2 is 2.33 bits per heavy atom. The van der Waals surface area contributed by atoms with E-state index >= 15 is 0 Å². The van der Waals surface area contributed by atoms with Crippen molar-refractivity contribution < 1.29 is 0 Å². The van der Waals surface area contributed by atoms with E-state index < -0.39 is 0 Å². The van der Waals surface area contributed by atoms with E-state index in [0.29, 0.717) is 11.5 Å². The van der Waals surface area contributed by atoms with E-state index in [1.54, 1.807) is 23.3 Å². The zero-order valence-corrected chi connectivity index (χ0v) is 10.8. The predicted octanol–water partition coefficient (Wildman–Crippen LogP) is 0.499. The first kappa shape index (κ1) is 12.4. The van der Waals surface area contributed by atoms with E-state index in [4.69, 9.17) is 18.0 Å². The van der Waals surface area contributed by atoms with Crippen LogP contribution in [0.5, 0.6) is 0 Å². The summed E-state index contributed by atoms with van der Waals surface area (Å²) in [6, 6.07) is 3.61. The number of rotatable bonds is 5. The molecule has 3 N–H and O–H groups in total. The van der Waals surface area contributed by atoms with Gasteiger partial charge in [-0.2, -0.15) is 5.10 Å². The molecule has 0 fully saturated rings. The van der Waals surface area contributed by atoms with E-state index in [2.05, 4.69) is 20.4 Å². The molecule has 0 aliphatic rings. The molecule has 0 saturated heterocycles. The topological polar surface area (TPSA) is 81.7 Å². The second-order valence-corrected chi connectivity index (χ2v) is 4.25. The van der Waals surface area contributed by atoms with Crippen molar-refractivity contribution in [1.29, 1.82) is 0 Å². The summed E-state index contributed by atoms with van der Waals surface area (Å²) in [4.78, 5) is 8.70. The van der Waals surface area contributed by atoms with Crippen LogP contribution >= 0.6 is 12.2 Å². The van der Waals surface area contributed by atoms with Gasteiger partial charge in [-0.1, -0.05) is 12.2 Å². The summed E-state index contributed by atoms with van der Waals surface area (Å²) in [6.45, 7) is 0.706. The van der Waals surface area contributed by atoms with Crippen LogP contribution < -0.4 is 11.1 Å². The van der Waals surface area contributed by atoms with Gasteiger partial charge in [-0.25, -0.2) is 9.97 Å². The predicted molar refractivity (Wildman–Crippen MR) is 73.3 cm³/mol. The third-order valence-electron chi connectivity index (χ3n) is 2.35. The van der Waals surface area contributed by atoms with Gasteiger partial charge >= 0.3 is 0 Å². The van der Waals surface area contributed by atoms with E-state index in [0.717, 1.165) is 23.6 Å². The molecule has 94 valence electrons. The van der Waals surface area contributed by atoms with Crippen molar-refractivity contribution in [3.63, 3.8) is 0 Å². The van der Waals surface area contributed by atoms with Crippen molar-refractivity contribution in [3.05, 3.63) is 36.0 Å². The van der Waals surface area contributed by atoms with Crippen LogP contribution in [0.4, 0.5) is 5.82 Å². The highest BCUT2D eigenvalue weighted by molar-refractivity contribution is 7.80. The van der Waals surface area contributed by atoms with Gasteiger partial charge in [-0.3, -0.25) is 4.68 Å². The molecule has 2 aromatic heterocycles. The first-order chi connectivity index (χ1) is 8.65. The number of nitrogens with zero attached hydrogens (tertiary/aromatic N) is 4. The van der Waals surface area contributed by atoms with Gasteiger partial charge < -0.3 is 11.1 Å². The molecule has 0 saturated carbocycles. The summed E-state index contributed by atoms with van der Waals surface area (Å²) in [5, 5.41) is 7.37. The minimum absolute atomic E-state index is 0.367. The molecule has 0 radical (unpaired) electrons. The molecule has 2 aromatic rings. The van der Waals surface area contributed by atoms with Crippen molar-refractivity contribution >= 4 is 23.0 Å². The summed E-state index contributed by atoms with van der Waals surface area (Å²) in [7, 11) is 1.84. The summed E-state index contributed by atoms with van der Waals surface area (Å²) in [6.07, 6.45) is 4.09. The second-order valence-electron chi connectivity index (χ2n) is 3.81. The Kier molecular flexibility index (Phi) is 3.83.